The van der Waals surface area contributed by atoms with Crippen molar-refractivity contribution in [1.82, 2.24) is 4.90 Å². The van der Waals surface area contributed by atoms with E-state index in [1.165, 1.54) is 18.7 Å². The highest BCUT2D eigenvalue weighted by Crippen LogP contribution is 2.20. The Labute approximate surface area is 170 Å². The molecule has 0 saturated carbocycles. The molecule has 152 valence electrons. The standard InChI is InChI=1S/C22H26N4O3/c1-17(27)23-19-8-10-21(11-9-19)26(18(2)28)16-22(29)25-14-12-24(13-15-25)20-6-4-3-5-7-20/h3-11H,12-16H2,1-2H3,(H,23,27). The molecule has 1 N–H and O–H groups in total. The Bertz CT molecular complexity index is 859. The number of nitrogens with zero attached hydrogens (tertiary/aromatic N) is 3. The first-order valence-corrected chi connectivity index (χ1v) is 9.67. The molecule has 0 atom stereocenters. The molecule has 0 bridgehead atoms. The highest BCUT2D eigenvalue weighted by molar-refractivity contribution is 5.98. The molecule has 29 heavy (non-hydrogen) atoms. The lowest BCUT2D eigenvalue weighted by atomic mass is 10.2. The zero-order valence-electron chi connectivity index (χ0n) is 16.8. The van der Waals surface area contributed by atoms with Crippen molar-refractivity contribution in [3.8, 4) is 0 Å². The molecule has 2 aromatic rings. The summed E-state index contributed by atoms with van der Waals surface area (Å²) in [5, 5.41) is 2.69. The van der Waals surface area contributed by atoms with Crippen LogP contribution in [0.1, 0.15) is 13.8 Å². The third kappa shape index (κ3) is 5.34. The number of hydrogen-bond acceptors (Lipinski definition) is 4. The largest absolute Gasteiger partial charge is 0.368 e. The van der Waals surface area contributed by atoms with Crippen LogP contribution in [0.25, 0.3) is 0 Å². The van der Waals surface area contributed by atoms with Gasteiger partial charge in [0.15, 0.2) is 0 Å². The Morgan fingerprint density at radius 2 is 1.52 bits per heavy atom. The average molecular weight is 394 g/mol. The number of carbonyl (C=O) groups excluding carboxylic acids is 3. The van der Waals surface area contributed by atoms with Gasteiger partial charge in [0, 0.05) is 57.1 Å². The van der Waals surface area contributed by atoms with E-state index in [0.29, 0.717) is 24.5 Å². The monoisotopic (exact) mass is 394 g/mol. The predicted octanol–water partition coefficient (Wildman–Crippen LogP) is 2.35. The molecule has 1 saturated heterocycles. The first-order valence-electron chi connectivity index (χ1n) is 9.67. The van der Waals surface area contributed by atoms with E-state index in [2.05, 4.69) is 22.3 Å². The fourth-order valence-electron chi connectivity index (χ4n) is 3.40. The van der Waals surface area contributed by atoms with Gasteiger partial charge in [0.1, 0.15) is 6.54 Å². The second kappa shape index (κ2) is 9.23. The summed E-state index contributed by atoms with van der Waals surface area (Å²) in [4.78, 5) is 41.6. The van der Waals surface area contributed by atoms with Crippen LogP contribution < -0.4 is 15.1 Å². The van der Waals surface area contributed by atoms with E-state index in [0.717, 1.165) is 18.8 Å². The van der Waals surface area contributed by atoms with Gasteiger partial charge in [-0.1, -0.05) is 18.2 Å². The number of para-hydroxylation sites is 1. The molecule has 1 heterocycles. The van der Waals surface area contributed by atoms with E-state index >= 15 is 0 Å². The van der Waals surface area contributed by atoms with Crippen molar-refractivity contribution in [2.45, 2.75) is 13.8 Å². The van der Waals surface area contributed by atoms with Gasteiger partial charge < -0.3 is 20.0 Å². The predicted molar refractivity (Wildman–Crippen MR) is 114 cm³/mol. The van der Waals surface area contributed by atoms with Gasteiger partial charge in [-0.2, -0.15) is 0 Å². The van der Waals surface area contributed by atoms with Crippen LogP contribution >= 0.6 is 0 Å². The fourth-order valence-corrected chi connectivity index (χ4v) is 3.40. The third-order valence-electron chi connectivity index (χ3n) is 4.93. The number of piperazine rings is 1. The van der Waals surface area contributed by atoms with Gasteiger partial charge in [0.2, 0.25) is 17.7 Å². The minimum Gasteiger partial charge on any atom is -0.368 e. The zero-order chi connectivity index (χ0) is 20.8. The van der Waals surface area contributed by atoms with Crippen molar-refractivity contribution in [2.24, 2.45) is 0 Å². The molecular formula is C22H26N4O3. The van der Waals surface area contributed by atoms with Gasteiger partial charge in [-0.3, -0.25) is 14.4 Å². The van der Waals surface area contributed by atoms with Gasteiger partial charge in [0.25, 0.3) is 0 Å². The van der Waals surface area contributed by atoms with Gasteiger partial charge in [0.05, 0.1) is 0 Å². The zero-order valence-corrected chi connectivity index (χ0v) is 16.8. The van der Waals surface area contributed by atoms with Crippen LogP contribution in [-0.4, -0.2) is 55.3 Å². The highest BCUT2D eigenvalue weighted by Gasteiger charge is 2.24. The highest BCUT2D eigenvalue weighted by atomic mass is 16.2. The summed E-state index contributed by atoms with van der Waals surface area (Å²) in [6.45, 7) is 5.67. The molecule has 3 rings (SSSR count). The molecule has 0 aromatic heterocycles. The second-order valence-corrected chi connectivity index (χ2v) is 7.04. The first-order chi connectivity index (χ1) is 13.9. The molecule has 0 radical (unpaired) electrons. The van der Waals surface area contributed by atoms with Gasteiger partial charge in [-0.05, 0) is 36.4 Å². The summed E-state index contributed by atoms with van der Waals surface area (Å²) >= 11 is 0. The summed E-state index contributed by atoms with van der Waals surface area (Å²) in [5.41, 5.74) is 2.43. The Balaban J connectivity index is 1.60. The van der Waals surface area contributed by atoms with E-state index in [1.807, 2.05) is 18.2 Å². The molecule has 0 aliphatic carbocycles. The molecule has 7 heteroatoms. The second-order valence-electron chi connectivity index (χ2n) is 7.04. The lowest BCUT2D eigenvalue weighted by molar-refractivity contribution is -0.131. The molecule has 0 spiro atoms. The summed E-state index contributed by atoms with van der Waals surface area (Å²) in [6.07, 6.45) is 0. The maximum absolute atomic E-state index is 12.8. The number of benzene rings is 2. The van der Waals surface area contributed by atoms with Crippen LogP contribution in [0.3, 0.4) is 0 Å². The van der Waals surface area contributed by atoms with Crippen LogP contribution in [-0.2, 0) is 14.4 Å². The molecule has 3 amide bonds. The minimum atomic E-state index is -0.200. The van der Waals surface area contributed by atoms with Crippen molar-refractivity contribution in [1.29, 1.82) is 0 Å². The van der Waals surface area contributed by atoms with Crippen molar-refractivity contribution in [2.75, 3.05) is 47.8 Å². The van der Waals surface area contributed by atoms with Crippen molar-refractivity contribution < 1.29 is 14.4 Å². The van der Waals surface area contributed by atoms with Crippen LogP contribution in [0.15, 0.2) is 54.6 Å². The summed E-state index contributed by atoms with van der Waals surface area (Å²) in [6, 6.07) is 17.0. The summed E-state index contributed by atoms with van der Waals surface area (Å²) in [5.74, 6) is -0.432. The Morgan fingerprint density at radius 1 is 0.897 bits per heavy atom. The van der Waals surface area contributed by atoms with Gasteiger partial charge in [-0.15, -0.1) is 0 Å². The van der Waals surface area contributed by atoms with E-state index < -0.39 is 0 Å². The fraction of sp³-hybridized carbons (Fsp3) is 0.318. The smallest absolute Gasteiger partial charge is 0.242 e. The molecular weight excluding hydrogens is 368 g/mol. The van der Waals surface area contributed by atoms with E-state index in [1.54, 1.807) is 29.2 Å². The maximum Gasteiger partial charge on any atom is 0.242 e. The van der Waals surface area contributed by atoms with Crippen molar-refractivity contribution in [3.05, 3.63) is 54.6 Å². The van der Waals surface area contributed by atoms with E-state index in [-0.39, 0.29) is 24.3 Å². The Kier molecular flexibility index (Phi) is 6.49. The molecule has 1 aliphatic heterocycles. The molecule has 1 fully saturated rings. The minimum absolute atomic E-state index is 0.000153. The molecule has 1 aliphatic rings. The van der Waals surface area contributed by atoms with Gasteiger partial charge in [-0.25, -0.2) is 0 Å². The SMILES string of the molecule is CC(=O)Nc1ccc(N(CC(=O)N2CCN(c3ccccc3)CC2)C(C)=O)cc1. The quantitative estimate of drug-likeness (QED) is 0.845. The van der Waals surface area contributed by atoms with Crippen LogP contribution in [0, 0.1) is 0 Å². The Morgan fingerprint density at radius 3 is 2.07 bits per heavy atom. The number of nitrogens with one attached hydrogen (secondary N) is 1. The number of amides is 3. The number of hydrogen-bond donors (Lipinski definition) is 1. The lowest BCUT2D eigenvalue weighted by Crippen LogP contribution is -2.51. The third-order valence-corrected chi connectivity index (χ3v) is 4.93. The topological polar surface area (TPSA) is 73.0 Å². The maximum atomic E-state index is 12.8. The van der Waals surface area contributed by atoms with Crippen LogP contribution in [0.4, 0.5) is 17.1 Å². The Hall–Kier alpha value is -3.35. The average Bonchev–Trinajstić information content (AvgIpc) is 2.73. The van der Waals surface area contributed by atoms with E-state index in [4.69, 9.17) is 0 Å². The molecule has 0 unspecified atom stereocenters. The number of rotatable bonds is 5. The summed E-state index contributed by atoms with van der Waals surface area (Å²) in [7, 11) is 0. The van der Waals surface area contributed by atoms with Crippen LogP contribution in [0.5, 0.6) is 0 Å². The van der Waals surface area contributed by atoms with Crippen molar-refractivity contribution >= 4 is 34.8 Å². The van der Waals surface area contributed by atoms with Crippen LogP contribution in [0.2, 0.25) is 0 Å². The normalized spacial score (nSPS) is 13.7. The van der Waals surface area contributed by atoms with E-state index in [9.17, 15) is 14.4 Å². The summed E-state index contributed by atoms with van der Waals surface area (Å²) < 4.78 is 0. The van der Waals surface area contributed by atoms with Crippen molar-refractivity contribution in [3.63, 3.8) is 0 Å². The molecule has 7 nitrogen and oxygen atoms in total. The molecule has 2 aromatic carbocycles. The first kappa shape index (κ1) is 20.4. The number of carbonyl (C=O) groups is 3. The van der Waals surface area contributed by atoms with Gasteiger partial charge >= 0.3 is 0 Å². The lowest BCUT2D eigenvalue weighted by Gasteiger charge is -2.37. The number of anilines is 3.